The third kappa shape index (κ3) is 4.35. The summed E-state index contributed by atoms with van der Waals surface area (Å²) in [5, 5.41) is 0. The zero-order valence-electron chi connectivity index (χ0n) is 12.5. The van der Waals surface area contributed by atoms with Gasteiger partial charge in [0, 0.05) is 12.5 Å². The topological polar surface area (TPSA) is 81.2 Å². The predicted molar refractivity (Wildman–Crippen MR) is 80.0 cm³/mol. The van der Waals surface area contributed by atoms with Crippen molar-refractivity contribution in [2.24, 2.45) is 0 Å². The fourth-order valence-electron chi connectivity index (χ4n) is 1.75. The average molecular weight is 343 g/mol. The van der Waals surface area contributed by atoms with Gasteiger partial charge in [0.2, 0.25) is 5.88 Å². The summed E-state index contributed by atoms with van der Waals surface area (Å²) in [5.74, 6) is -3.05. The Bertz CT molecular complexity index is 792. The zero-order valence-corrected chi connectivity index (χ0v) is 13.3. The van der Waals surface area contributed by atoms with E-state index in [-0.39, 0.29) is 16.6 Å². The van der Waals surface area contributed by atoms with Crippen molar-refractivity contribution >= 4 is 15.8 Å². The Balaban J connectivity index is 2.31. The van der Waals surface area contributed by atoms with Crippen molar-refractivity contribution in [2.75, 3.05) is 11.3 Å². The zero-order chi connectivity index (χ0) is 17.1. The van der Waals surface area contributed by atoms with E-state index in [4.69, 9.17) is 4.74 Å². The molecule has 0 aliphatic rings. The molecule has 23 heavy (non-hydrogen) atoms. The van der Waals surface area contributed by atoms with Gasteiger partial charge in [-0.05, 0) is 19.1 Å². The summed E-state index contributed by atoms with van der Waals surface area (Å²) in [5.41, 5.74) is -0.394. The van der Waals surface area contributed by atoms with Crippen LogP contribution in [0.2, 0.25) is 0 Å². The minimum Gasteiger partial charge on any atom is -0.477 e. The summed E-state index contributed by atoms with van der Waals surface area (Å²) in [6.45, 7) is 2.79. The molecule has 0 aliphatic carbocycles. The van der Waals surface area contributed by atoms with Crippen LogP contribution in [0, 0.1) is 0 Å². The smallest absolute Gasteiger partial charge is 0.270 e. The maximum atomic E-state index is 13.3. The van der Waals surface area contributed by atoms with Gasteiger partial charge in [-0.25, -0.2) is 17.2 Å². The quantitative estimate of drug-likeness (QED) is 0.872. The summed E-state index contributed by atoms with van der Waals surface area (Å²) in [7, 11) is -4.07. The minimum absolute atomic E-state index is 0.0652. The van der Waals surface area contributed by atoms with Crippen molar-refractivity contribution in [3.63, 3.8) is 0 Å². The first-order valence-corrected chi connectivity index (χ1v) is 8.16. The van der Waals surface area contributed by atoms with Gasteiger partial charge in [-0.3, -0.25) is 9.71 Å². The van der Waals surface area contributed by atoms with Gasteiger partial charge >= 0.3 is 0 Å². The lowest BCUT2D eigenvalue weighted by Crippen LogP contribution is -2.16. The molecule has 0 unspecified atom stereocenters. The number of hydrogen-bond donors (Lipinski definition) is 1. The summed E-state index contributed by atoms with van der Waals surface area (Å²) >= 11 is 0. The first-order chi connectivity index (χ1) is 10.7. The van der Waals surface area contributed by atoms with Gasteiger partial charge in [-0.1, -0.05) is 12.1 Å². The maximum Gasteiger partial charge on any atom is 0.270 e. The van der Waals surface area contributed by atoms with Crippen molar-refractivity contribution in [3.8, 4) is 5.88 Å². The van der Waals surface area contributed by atoms with Crippen molar-refractivity contribution in [2.45, 2.75) is 24.7 Å². The first kappa shape index (κ1) is 17.1. The average Bonchev–Trinajstić information content (AvgIpc) is 2.47. The number of sulfonamides is 1. The highest BCUT2D eigenvalue weighted by molar-refractivity contribution is 7.92. The Labute approximate surface area is 132 Å². The minimum atomic E-state index is -4.07. The van der Waals surface area contributed by atoms with Crippen molar-refractivity contribution < 1.29 is 21.9 Å². The van der Waals surface area contributed by atoms with E-state index in [1.165, 1.54) is 24.5 Å². The van der Waals surface area contributed by atoms with Gasteiger partial charge in [-0.15, -0.1) is 0 Å². The van der Waals surface area contributed by atoms with Crippen LogP contribution in [0.1, 0.15) is 19.4 Å². The Hall–Kier alpha value is -2.29. The fourth-order valence-corrected chi connectivity index (χ4v) is 2.78. The summed E-state index contributed by atoms with van der Waals surface area (Å²) in [4.78, 5) is 7.43. The monoisotopic (exact) mass is 343 g/mol. The highest BCUT2D eigenvalue weighted by Gasteiger charge is 2.26. The van der Waals surface area contributed by atoms with Crippen LogP contribution >= 0.6 is 0 Å². The molecule has 2 aromatic rings. The number of benzene rings is 1. The number of ether oxygens (including phenoxy) is 1. The molecule has 0 bridgehead atoms. The van der Waals surface area contributed by atoms with E-state index in [0.29, 0.717) is 13.5 Å². The van der Waals surface area contributed by atoms with E-state index in [9.17, 15) is 17.2 Å². The first-order valence-electron chi connectivity index (χ1n) is 6.68. The fraction of sp³-hybridized carbons (Fsp3) is 0.286. The highest BCUT2D eigenvalue weighted by atomic mass is 32.2. The van der Waals surface area contributed by atoms with Crippen molar-refractivity contribution in [1.29, 1.82) is 0 Å². The molecular weight excluding hydrogens is 328 g/mol. The van der Waals surface area contributed by atoms with Crippen molar-refractivity contribution in [1.82, 2.24) is 9.97 Å². The molecule has 124 valence electrons. The molecule has 0 radical (unpaired) electrons. The predicted octanol–water partition coefficient (Wildman–Crippen LogP) is 2.79. The van der Waals surface area contributed by atoms with Crippen LogP contribution in [0.5, 0.6) is 5.88 Å². The second kappa shape index (κ2) is 6.45. The molecule has 1 aromatic heterocycles. The van der Waals surface area contributed by atoms with E-state index in [1.54, 1.807) is 6.92 Å². The van der Waals surface area contributed by atoms with Gasteiger partial charge in [0.15, 0.2) is 5.82 Å². The summed E-state index contributed by atoms with van der Waals surface area (Å²) in [6, 6.07) is 4.55. The van der Waals surface area contributed by atoms with E-state index in [2.05, 4.69) is 14.7 Å². The molecule has 0 spiro atoms. The molecule has 1 N–H and O–H groups in total. The van der Waals surface area contributed by atoms with Gasteiger partial charge in [0.25, 0.3) is 15.9 Å². The molecule has 1 heterocycles. The molecule has 2 rings (SSSR count). The van der Waals surface area contributed by atoms with Crippen LogP contribution < -0.4 is 9.46 Å². The molecule has 6 nitrogen and oxygen atoms in total. The van der Waals surface area contributed by atoms with E-state index >= 15 is 0 Å². The van der Waals surface area contributed by atoms with Crippen LogP contribution in [-0.4, -0.2) is 25.0 Å². The molecule has 0 aliphatic heterocycles. The Morgan fingerprint density at radius 3 is 2.70 bits per heavy atom. The lowest BCUT2D eigenvalue weighted by Gasteiger charge is -2.13. The van der Waals surface area contributed by atoms with Crippen LogP contribution in [0.3, 0.4) is 0 Å². The summed E-state index contributed by atoms with van der Waals surface area (Å²) < 4.78 is 58.5. The maximum absolute atomic E-state index is 13.3. The second-order valence-corrected chi connectivity index (χ2v) is 6.38. The number of anilines is 1. The molecule has 9 heteroatoms. The Morgan fingerprint density at radius 2 is 2.04 bits per heavy atom. The lowest BCUT2D eigenvalue weighted by molar-refractivity contribution is 0.0172. The Morgan fingerprint density at radius 1 is 1.30 bits per heavy atom. The molecule has 1 aromatic carbocycles. The van der Waals surface area contributed by atoms with Crippen LogP contribution in [-0.2, 0) is 15.9 Å². The van der Waals surface area contributed by atoms with Gasteiger partial charge in [-0.2, -0.15) is 4.98 Å². The lowest BCUT2D eigenvalue weighted by atomic mass is 10.1. The number of nitrogens with one attached hydrogen (secondary N) is 1. The van der Waals surface area contributed by atoms with E-state index in [1.807, 2.05) is 0 Å². The highest BCUT2D eigenvalue weighted by Crippen LogP contribution is 2.28. The Kier molecular flexibility index (Phi) is 4.79. The van der Waals surface area contributed by atoms with E-state index in [0.717, 1.165) is 12.1 Å². The van der Waals surface area contributed by atoms with Gasteiger partial charge in [0.05, 0.1) is 23.9 Å². The summed E-state index contributed by atoms with van der Waals surface area (Å²) in [6.07, 6.45) is 2.53. The molecular formula is C14H15F2N3O3S. The van der Waals surface area contributed by atoms with Gasteiger partial charge in [0.1, 0.15) is 0 Å². The number of rotatable bonds is 6. The van der Waals surface area contributed by atoms with Crippen molar-refractivity contribution in [3.05, 3.63) is 42.2 Å². The normalized spacial score (nSPS) is 12.0. The van der Waals surface area contributed by atoms with E-state index < -0.39 is 21.5 Å². The van der Waals surface area contributed by atoms with Gasteiger partial charge < -0.3 is 4.74 Å². The molecule has 0 atom stereocenters. The second-order valence-electron chi connectivity index (χ2n) is 4.70. The standard InChI is InChI=1S/C14H15F2N3O3S/c1-3-22-13-9-17-8-12(18-13)19-23(20,21)11-6-4-5-10(7-11)14(2,15)16/h4-9H,3H2,1-2H3,(H,18,19). The number of hydrogen-bond acceptors (Lipinski definition) is 5. The number of aromatic nitrogens is 2. The third-order valence-electron chi connectivity index (χ3n) is 2.79. The number of halogens is 2. The molecule has 0 amide bonds. The SMILES string of the molecule is CCOc1cncc(NS(=O)(=O)c2cccc(C(C)(F)F)c2)n1. The molecule has 0 saturated heterocycles. The number of nitrogens with zero attached hydrogens (tertiary/aromatic N) is 2. The molecule has 0 saturated carbocycles. The largest absolute Gasteiger partial charge is 0.477 e. The third-order valence-corrected chi connectivity index (χ3v) is 4.15. The molecule has 0 fully saturated rings. The van der Waals surface area contributed by atoms with Crippen LogP contribution in [0.25, 0.3) is 0 Å². The van der Waals surface area contributed by atoms with Crippen LogP contribution in [0.15, 0.2) is 41.6 Å². The number of alkyl halides is 2. The van der Waals surface area contributed by atoms with Crippen LogP contribution in [0.4, 0.5) is 14.6 Å².